The molecule has 1 saturated heterocycles. The number of hydrogen-bond donors (Lipinski definition) is 0. The molecular formula is C22H34O4Si. The predicted molar refractivity (Wildman–Crippen MR) is 111 cm³/mol. The van der Waals surface area contributed by atoms with Crippen LogP contribution in [0.4, 0.5) is 0 Å². The Morgan fingerprint density at radius 1 is 1.22 bits per heavy atom. The van der Waals surface area contributed by atoms with Gasteiger partial charge < -0.3 is 9.47 Å². The summed E-state index contributed by atoms with van der Waals surface area (Å²) < 4.78 is 11.6. The van der Waals surface area contributed by atoms with Crippen molar-refractivity contribution in [3.63, 3.8) is 0 Å². The first-order chi connectivity index (χ1) is 12.7. The number of unbranched alkanes of at least 4 members (excludes halogenated alkanes) is 1. The molecule has 0 bridgehead atoms. The fourth-order valence-corrected chi connectivity index (χ4v) is 6.41. The van der Waals surface area contributed by atoms with Crippen molar-refractivity contribution >= 4 is 25.2 Å². The summed E-state index contributed by atoms with van der Waals surface area (Å²) in [6.45, 7) is 10.7. The number of rotatable bonds is 9. The van der Waals surface area contributed by atoms with E-state index >= 15 is 0 Å². The van der Waals surface area contributed by atoms with E-state index in [-0.39, 0.29) is 29.9 Å². The molecule has 2 rings (SSSR count). The summed E-state index contributed by atoms with van der Waals surface area (Å²) in [5, 5.41) is 1.32. The van der Waals surface area contributed by atoms with Crippen LogP contribution in [0.3, 0.4) is 0 Å². The van der Waals surface area contributed by atoms with Gasteiger partial charge in [-0.05, 0) is 18.4 Å². The first kappa shape index (κ1) is 21.7. The Hall–Kier alpha value is -1.62. The maximum absolute atomic E-state index is 12.5. The van der Waals surface area contributed by atoms with E-state index in [0.717, 1.165) is 25.3 Å². The van der Waals surface area contributed by atoms with Crippen molar-refractivity contribution < 1.29 is 19.1 Å². The van der Waals surface area contributed by atoms with Crippen LogP contribution in [-0.2, 0) is 19.1 Å². The highest BCUT2D eigenvalue weighted by Gasteiger charge is 2.48. The normalized spacial score (nSPS) is 22.7. The number of carbonyl (C=O) groups excluding carboxylic acids is 2. The first-order valence-corrected chi connectivity index (χ1v) is 13.4. The molecule has 1 aromatic rings. The van der Waals surface area contributed by atoms with Gasteiger partial charge in [0.05, 0.1) is 14.0 Å². The molecule has 1 fully saturated rings. The van der Waals surface area contributed by atoms with Crippen LogP contribution in [0.5, 0.6) is 0 Å². The summed E-state index contributed by atoms with van der Waals surface area (Å²) in [6.07, 6.45) is 2.24. The highest BCUT2D eigenvalue weighted by atomic mass is 28.3. The van der Waals surface area contributed by atoms with Gasteiger partial charge in [-0.2, -0.15) is 0 Å². The quantitative estimate of drug-likeness (QED) is 0.466. The van der Waals surface area contributed by atoms with Crippen molar-refractivity contribution in [3.8, 4) is 0 Å². The summed E-state index contributed by atoms with van der Waals surface area (Å²) in [7, 11) is -1.83. The van der Waals surface area contributed by atoms with Crippen molar-refractivity contribution in [2.24, 2.45) is 11.8 Å². The highest BCUT2D eigenvalue weighted by Crippen LogP contribution is 2.34. The van der Waals surface area contributed by atoms with E-state index in [1.54, 1.807) is 0 Å². The second kappa shape index (κ2) is 9.54. The van der Waals surface area contributed by atoms with Crippen LogP contribution in [0.1, 0.15) is 46.5 Å². The van der Waals surface area contributed by atoms with Gasteiger partial charge in [0.2, 0.25) is 0 Å². The van der Waals surface area contributed by atoms with Crippen molar-refractivity contribution in [3.05, 3.63) is 30.3 Å². The van der Waals surface area contributed by atoms with Crippen LogP contribution >= 0.6 is 0 Å². The zero-order valence-corrected chi connectivity index (χ0v) is 18.4. The molecule has 3 atom stereocenters. The minimum atomic E-state index is -1.83. The molecule has 0 N–H and O–H groups in total. The SMILES string of the molecule is CCCC[C@H]1C(=O)O[C@@H](C[Si](C)(C)c2ccccc2)[C@@H]1OC(=O)CC(C)C. The van der Waals surface area contributed by atoms with Crippen LogP contribution in [0.25, 0.3) is 0 Å². The largest absolute Gasteiger partial charge is 0.458 e. The molecule has 4 nitrogen and oxygen atoms in total. The second-order valence-electron chi connectivity index (χ2n) is 8.73. The molecule has 0 amide bonds. The summed E-state index contributed by atoms with van der Waals surface area (Å²) in [5.74, 6) is -0.516. The molecule has 150 valence electrons. The maximum atomic E-state index is 12.5. The molecule has 0 saturated carbocycles. The van der Waals surface area contributed by atoms with Gasteiger partial charge in [-0.15, -0.1) is 0 Å². The average molecular weight is 391 g/mol. The number of ether oxygens (including phenoxy) is 2. The van der Waals surface area contributed by atoms with E-state index in [9.17, 15) is 9.59 Å². The van der Waals surface area contributed by atoms with Crippen molar-refractivity contribution in [1.29, 1.82) is 0 Å². The van der Waals surface area contributed by atoms with E-state index in [1.807, 2.05) is 19.9 Å². The average Bonchev–Trinajstić information content (AvgIpc) is 2.87. The van der Waals surface area contributed by atoms with Crippen molar-refractivity contribution in [1.82, 2.24) is 0 Å². The van der Waals surface area contributed by atoms with Gasteiger partial charge in [0.25, 0.3) is 0 Å². The fraction of sp³-hybridized carbons (Fsp3) is 0.636. The van der Waals surface area contributed by atoms with Crippen LogP contribution in [-0.4, -0.2) is 32.2 Å². The number of benzene rings is 1. The molecule has 1 aliphatic heterocycles. The smallest absolute Gasteiger partial charge is 0.313 e. The van der Waals surface area contributed by atoms with Gasteiger partial charge in [0.15, 0.2) is 6.10 Å². The van der Waals surface area contributed by atoms with E-state index in [1.165, 1.54) is 5.19 Å². The zero-order valence-electron chi connectivity index (χ0n) is 17.4. The topological polar surface area (TPSA) is 52.6 Å². The predicted octanol–water partition coefficient (Wildman–Crippen LogP) is 4.29. The number of cyclic esters (lactones) is 1. The van der Waals surface area contributed by atoms with Gasteiger partial charge in [-0.25, -0.2) is 0 Å². The van der Waals surface area contributed by atoms with Crippen LogP contribution in [0.15, 0.2) is 30.3 Å². The third-order valence-electron chi connectivity index (χ3n) is 5.31. The summed E-state index contributed by atoms with van der Waals surface area (Å²) in [4.78, 5) is 24.9. The Morgan fingerprint density at radius 2 is 1.89 bits per heavy atom. The minimum absolute atomic E-state index is 0.200. The molecule has 0 spiro atoms. The Bertz CT molecular complexity index is 626. The molecule has 0 aromatic heterocycles. The minimum Gasteiger partial charge on any atom is -0.458 e. The lowest BCUT2D eigenvalue weighted by molar-refractivity contribution is -0.154. The first-order valence-electron chi connectivity index (χ1n) is 10.2. The summed E-state index contributed by atoms with van der Waals surface area (Å²) >= 11 is 0. The second-order valence-corrected chi connectivity index (χ2v) is 13.5. The number of carbonyl (C=O) groups is 2. The van der Waals surface area contributed by atoms with E-state index in [0.29, 0.717) is 6.42 Å². The van der Waals surface area contributed by atoms with Crippen LogP contribution < -0.4 is 5.19 Å². The molecule has 5 heteroatoms. The maximum Gasteiger partial charge on any atom is 0.313 e. The fourth-order valence-electron chi connectivity index (χ4n) is 3.76. The Kier molecular flexibility index (Phi) is 7.65. The Balaban J connectivity index is 2.18. The lowest BCUT2D eigenvalue weighted by atomic mass is 9.95. The highest BCUT2D eigenvalue weighted by molar-refractivity contribution is 6.89. The van der Waals surface area contributed by atoms with E-state index in [2.05, 4.69) is 44.3 Å². The monoisotopic (exact) mass is 390 g/mol. The third-order valence-corrected chi connectivity index (χ3v) is 8.63. The Morgan fingerprint density at radius 3 is 2.48 bits per heavy atom. The molecular weight excluding hydrogens is 356 g/mol. The van der Waals surface area contributed by atoms with Crippen molar-refractivity contribution in [2.45, 2.75) is 77.8 Å². The van der Waals surface area contributed by atoms with E-state index < -0.39 is 14.2 Å². The standard InChI is InChI=1S/C22H34O4Si/c1-6-7-13-18-21(26-20(23)14-16(2)3)19(25-22(18)24)15-27(4,5)17-11-9-8-10-12-17/h8-12,16,18-19,21H,6-7,13-15H2,1-5H3/t18-,19+,21-/m1/s1. The number of esters is 2. The Labute approximate surface area is 164 Å². The zero-order chi connectivity index (χ0) is 20.0. The van der Waals surface area contributed by atoms with Gasteiger partial charge in [0, 0.05) is 6.42 Å². The molecule has 0 unspecified atom stereocenters. The van der Waals surface area contributed by atoms with Gasteiger partial charge >= 0.3 is 11.9 Å². The molecule has 0 radical (unpaired) electrons. The molecule has 1 heterocycles. The van der Waals surface area contributed by atoms with Gasteiger partial charge in [-0.3, -0.25) is 9.59 Å². The lowest BCUT2D eigenvalue weighted by Gasteiger charge is -2.29. The lowest BCUT2D eigenvalue weighted by Crippen LogP contribution is -2.46. The summed E-state index contributed by atoms with van der Waals surface area (Å²) in [6, 6.07) is 11.2. The molecule has 1 aromatic carbocycles. The third kappa shape index (κ3) is 5.93. The van der Waals surface area contributed by atoms with Crippen LogP contribution in [0, 0.1) is 11.8 Å². The van der Waals surface area contributed by atoms with Gasteiger partial charge in [0.1, 0.15) is 6.10 Å². The molecule has 0 aliphatic carbocycles. The summed E-state index contributed by atoms with van der Waals surface area (Å²) in [5.41, 5.74) is 0. The number of hydrogen-bond acceptors (Lipinski definition) is 4. The van der Waals surface area contributed by atoms with E-state index in [4.69, 9.17) is 9.47 Å². The van der Waals surface area contributed by atoms with Crippen molar-refractivity contribution in [2.75, 3.05) is 0 Å². The molecule has 1 aliphatic rings. The molecule has 27 heavy (non-hydrogen) atoms. The van der Waals surface area contributed by atoms with Crippen LogP contribution in [0.2, 0.25) is 19.1 Å². The van der Waals surface area contributed by atoms with Gasteiger partial charge in [-0.1, -0.05) is 82.2 Å².